The Morgan fingerprint density at radius 2 is 1.84 bits per heavy atom. The number of likely N-dealkylation sites (tertiary alicyclic amines) is 1. The summed E-state index contributed by atoms with van der Waals surface area (Å²) in [6.07, 6.45) is 3.95. The SMILES string of the molecule is CCN1CCC(N(C)C(C)CNCCC(C)C)CC1. The Hall–Kier alpha value is -0.120. The summed E-state index contributed by atoms with van der Waals surface area (Å²) in [6.45, 7) is 15.2. The molecule has 0 aliphatic carbocycles. The van der Waals surface area contributed by atoms with Gasteiger partial charge >= 0.3 is 0 Å². The molecule has 1 aliphatic rings. The Labute approximate surface area is 120 Å². The summed E-state index contributed by atoms with van der Waals surface area (Å²) in [5, 5.41) is 3.60. The third-order valence-corrected chi connectivity index (χ3v) is 4.61. The molecule has 0 saturated carbocycles. The van der Waals surface area contributed by atoms with Crippen LogP contribution in [0, 0.1) is 5.92 Å². The number of piperidine rings is 1. The van der Waals surface area contributed by atoms with Crippen LogP contribution >= 0.6 is 0 Å². The van der Waals surface area contributed by atoms with Crippen LogP contribution in [-0.4, -0.2) is 61.7 Å². The van der Waals surface area contributed by atoms with Crippen LogP contribution in [-0.2, 0) is 0 Å². The predicted molar refractivity (Wildman–Crippen MR) is 84.7 cm³/mol. The smallest absolute Gasteiger partial charge is 0.0192 e. The quantitative estimate of drug-likeness (QED) is 0.683. The van der Waals surface area contributed by atoms with Crippen molar-refractivity contribution in [2.45, 2.75) is 59.0 Å². The normalized spacial score (nSPS) is 20.4. The lowest BCUT2D eigenvalue weighted by Crippen LogP contribution is -2.49. The van der Waals surface area contributed by atoms with E-state index in [0.717, 1.165) is 25.0 Å². The van der Waals surface area contributed by atoms with Crippen molar-refractivity contribution in [1.29, 1.82) is 0 Å². The lowest BCUT2D eigenvalue weighted by molar-refractivity contribution is 0.104. The van der Waals surface area contributed by atoms with Crippen LogP contribution in [0.5, 0.6) is 0 Å². The number of hydrogen-bond donors (Lipinski definition) is 1. The van der Waals surface area contributed by atoms with Crippen molar-refractivity contribution in [3.05, 3.63) is 0 Å². The zero-order chi connectivity index (χ0) is 14.3. The van der Waals surface area contributed by atoms with Crippen molar-refractivity contribution < 1.29 is 0 Å². The molecule has 1 unspecified atom stereocenters. The van der Waals surface area contributed by atoms with Crippen molar-refractivity contribution in [2.75, 3.05) is 39.8 Å². The van der Waals surface area contributed by atoms with E-state index in [4.69, 9.17) is 0 Å². The summed E-state index contributed by atoms with van der Waals surface area (Å²) in [5.41, 5.74) is 0. The van der Waals surface area contributed by atoms with E-state index in [1.807, 2.05) is 0 Å². The Morgan fingerprint density at radius 3 is 2.37 bits per heavy atom. The van der Waals surface area contributed by atoms with Gasteiger partial charge in [0.25, 0.3) is 0 Å². The highest BCUT2D eigenvalue weighted by Crippen LogP contribution is 2.16. The first-order valence-electron chi connectivity index (χ1n) is 8.19. The van der Waals surface area contributed by atoms with Crippen molar-refractivity contribution in [1.82, 2.24) is 15.1 Å². The second-order valence-corrected chi connectivity index (χ2v) is 6.57. The highest BCUT2D eigenvalue weighted by atomic mass is 15.2. The van der Waals surface area contributed by atoms with E-state index in [2.05, 4.69) is 49.9 Å². The molecule has 1 aliphatic heterocycles. The predicted octanol–water partition coefficient (Wildman–Crippen LogP) is 2.43. The molecule has 0 amide bonds. The molecule has 1 heterocycles. The summed E-state index contributed by atoms with van der Waals surface area (Å²) in [6, 6.07) is 1.43. The van der Waals surface area contributed by atoms with Gasteiger partial charge in [0.15, 0.2) is 0 Å². The Balaban J connectivity index is 2.19. The molecule has 0 radical (unpaired) electrons. The van der Waals surface area contributed by atoms with Crippen LogP contribution in [0.25, 0.3) is 0 Å². The molecule has 1 fully saturated rings. The topological polar surface area (TPSA) is 18.5 Å². The molecule has 1 N–H and O–H groups in total. The van der Waals surface area contributed by atoms with Crippen LogP contribution in [0.1, 0.15) is 47.0 Å². The number of nitrogens with zero attached hydrogens (tertiary/aromatic N) is 2. The van der Waals surface area contributed by atoms with Gasteiger partial charge in [0.05, 0.1) is 0 Å². The third-order valence-electron chi connectivity index (χ3n) is 4.61. The average Bonchev–Trinajstić information content (AvgIpc) is 2.42. The highest BCUT2D eigenvalue weighted by Gasteiger charge is 2.24. The largest absolute Gasteiger partial charge is 0.315 e. The molecule has 0 aromatic carbocycles. The number of hydrogen-bond acceptors (Lipinski definition) is 3. The van der Waals surface area contributed by atoms with Crippen molar-refractivity contribution in [3.63, 3.8) is 0 Å². The van der Waals surface area contributed by atoms with Crippen LogP contribution in [0.4, 0.5) is 0 Å². The molecule has 3 nitrogen and oxygen atoms in total. The zero-order valence-electron chi connectivity index (χ0n) is 13.8. The van der Waals surface area contributed by atoms with Crippen molar-refractivity contribution in [2.24, 2.45) is 5.92 Å². The molecule has 0 aromatic heterocycles. The molecule has 19 heavy (non-hydrogen) atoms. The first-order valence-corrected chi connectivity index (χ1v) is 8.19. The molecule has 1 saturated heterocycles. The minimum Gasteiger partial charge on any atom is -0.315 e. The van der Waals surface area contributed by atoms with E-state index in [1.165, 1.54) is 38.9 Å². The van der Waals surface area contributed by atoms with E-state index in [1.54, 1.807) is 0 Å². The van der Waals surface area contributed by atoms with E-state index >= 15 is 0 Å². The van der Waals surface area contributed by atoms with Gasteiger partial charge in [0.1, 0.15) is 0 Å². The van der Waals surface area contributed by atoms with Crippen LogP contribution < -0.4 is 5.32 Å². The molecule has 0 aromatic rings. The summed E-state index contributed by atoms with van der Waals surface area (Å²) >= 11 is 0. The van der Waals surface area contributed by atoms with Gasteiger partial charge in [-0.15, -0.1) is 0 Å². The van der Waals surface area contributed by atoms with E-state index in [9.17, 15) is 0 Å². The van der Waals surface area contributed by atoms with Crippen molar-refractivity contribution >= 4 is 0 Å². The lowest BCUT2D eigenvalue weighted by atomic mass is 10.0. The van der Waals surface area contributed by atoms with Gasteiger partial charge in [-0.3, -0.25) is 4.90 Å². The second-order valence-electron chi connectivity index (χ2n) is 6.57. The summed E-state index contributed by atoms with van der Waals surface area (Å²) in [7, 11) is 2.31. The number of nitrogens with one attached hydrogen (secondary N) is 1. The Bertz CT molecular complexity index is 222. The van der Waals surface area contributed by atoms with Crippen LogP contribution in [0.15, 0.2) is 0 Å². The second kappa shape index (κ2) is 8.93. The fourth-order valence-corrected chi connectivity index (χ4v) is 2.85. The molecule has 0 spiro atoms. The van der Waals surface area contributed by atoms with Gasteiger partial charge in [-0.25, -0.2) is 0 Å². The Morgan fingerprint density at radius 1 is 1.21 bits per heavy atom. The maximum absolute atomic E-state index is 3.60. The van der Waals surface area contributed by atoms with Gasteiger partial charge in [-0.2, -0.15) is 0 Å². The minimum absolute atomic E-state index is 0.644. The number of rotatable bonds is 8. The zero-order valence-corrected chi connectivity index (χ0v) is 13.8. The van der Waals surface area contributed by atoms with Gasteiger partial charge in [0.2, 0.25) is 0 Å². The average molecular weight is 269 g/mol. The third kappa shape index (κ3) is 6.24. The highest BCUT2D eigenvalue weighted by molar-refractivity contribution is 4.81. The van der Waals surface area contributed by atoms with Crippen molar-refractivity contribution in [3.8, 4) is 0 Å². The van der Waals surface area contributed by atoms with E-state index in [-0.39, 0.29) is 0 Å². The van der Waals surface area contributed by atoms with Crippen LogP contribution in [0.3, 0.4) is 0 Å². The maximum atomic E-state index is 3.60. The fraction of sp³-hybridized carbons (Fsp3) is 1.00. The van der Waals surface area contributed by atoms with Gasteiger partial charge < -0.3 is 10.2 Å². The molecule has 1 atom stereocenters. The fourth-order valence-electron chi connectivity index (χ4n) is 2.85. The monoisotopic (exact) mass is 269 g/mol. The van der Waals surface area contributed by atoms with Gasteiger partial charge in [-0.05, 0) is 65.3 Å². The standard InChI is InChI=1S/C16H35N3/c1-6-19-11-8-16(9-12-19)18(5)15(4)13-17-10-7-14(2)3/h14-17H,6-13H2,1-5H3. The molecule has 114 valence electrons. The molecule has 1 rings (SSSR count). The molecular weight excluding hydrogens is 234 g/mol. The molecular formula is C16H35N3. The Kier molecular flexibility index (Phi) is 7.96. The minimum atomic E-state index is 0.644. The number of likely N-dealkylation sites (N-methyl/N-ethyl adjacent to an activating group) is 1. The lowest BCUT2D eigenvalue weighted by Gasteiger charge is -2.39. The summed E-state index contributed by atoms with van der Waals surface area (Å²) in [5.74, 6) is 0.805. The van der Waals surface area contributed by atoms with Gasteiger partial charge in [-0.1, -0.05) is 20.8 Å². The molecule has 0 bridgehead atoms. The first kappa shape index (κ1) is 16.9. The summed E-state index contributed by atoms with van der Waals surface area (Å²) in [4.78, 5) is 5.16. The van der Waals surface area contributed by atoms with E-state index < -0.39 is 0 Å². The first-order chi connectivity index (χ1) is 9.04. The maximum Gasteiger partial charge on any atom is 0.0192 e. The van der Waals surface area contributed by atoms with E-state index in [0.29, 0.717) is 6.04 Å². The molecule has 3 heteroatoms. The van der Waals surface area contributed by atoms with Crippen LogP contribution in [0.2, 0.25) is 0 Å². The summed E-state index contributed by atoms with van der Waals surface area (Å²) < 4.78 is 0. The van der Waals surface area contributed by atoms with Gasteiger partial charge in [0, 0.05) is 18.6 Å².